The smallest absolute Gasteiger partial charge is 0.289 e. The van der Waals surface area contributed by atoms with E-state index in [1.165, 1.54) is 11.5 Å². The molecule has 0 atom stereocenters. The molecule has 0 saturated carbocycles. The summed E-state index contributed by atoms with van der Waals surface area (Å²) in [4.78, 5) is 40.0. The Balaban J connectivity index is 1.40. The van der Waals surface area contributed by atoms with Crippen LogP contribution in [-0.2, 0) is 13.0 Å². The molecule has 0 spiro atoms. The van der Waals surface area contributed by atoms with E-state index in [1.54, 1.807) is 7.05 Å². The zero-order valence-corrected chi connectivity index (χ0v) is 17.3. The fourth-order valence-electron chi connectivity index (χ4n) is 3.42. The second-order valence-corrected chi connectivity index (χ2v) is 7.73. The molecule has 0 aliphatic carbocycles. The number of piperazine rings is 1. The molecule has 1 aliphatic rings. The van der Waals surface area contributed by atoms with Gasteiger partial charge in [-0.1, -0.05) is 6.92 Å². The lowest BCUT2D eigenvalue weighted by atomic mass is 10.1. The normalized spacial score (nSPS) is 15.0. The number of H-pyrrole nitrogens is 1. The third-order valence-electron chi connectivity index (χ3n) is 5.10. The maximum Gasteiger partial charge on any atom is 0.289 e. The molecule has 9 nitrogen and oxygen atoms in total. The number of amides is 1. The molecule has 3 aromatic heterocycles. The quantitative estimate of drug-likeness (QED) is 0.643. The largest absolute Gasteiger partial charge is 0.352 e. The van der Waals surface area contributed by atoms with E-state index < -0.39 is 0 Å². The molecular weight excluding hydrogens is 390 g/mol. The SMILES string of the molecule is CCc1cc2ncc(CN3CCN(c4nc(C(=O)NC)ns4)CC3)cc2[nH]c1=O. The maximum absolute atomic E-state index is 12.1. The van der Waals surface area contributed by atoms with E-state index in [1.807, 2.05) is 25.3 Å². The summed E-state index contributed by atoms with van der Waals surface area (Å²) in [6.45, 7) is 6.12. The standard InChI is InChI=1S/C19H23N7O2S/c1-3-13-9-14-15(22-17(13)27)8-12(10-21-14)11-25-4-6-26(7-5-25)19-23-16(24-29-19)18(28)20-2/h8-10H,3-7,11H2,1-2H3,(H,20,28)(H,22,27). The van der Waals surface area contributed by atoms with Crippen LogP contribution in [0.4, 0.5) is 5.13 Å². The molecule has 1 saturated heterocycles. The van der Waals surface area contributed by atoms with Gasteiger partial charge in [0.2, 0.25) is 11.0 Å². The number of carbonyl (C=O) groups excluding carboxylic acids is 1. The number of carbonyl (C=O) groups is 1. The van der Waals surface area contributed by atoms with E-state index in [2.05, 4.69) is 34.4 Å². The lowest BCUT2D eigenvalue weighted by molar-refractivity contribution is 0.0954. The van der Waals surface area contributed by atoms with Crippen LogP contribution in [0.5, 0.6) is 0 Å². The van der Waals surface area contributed by atoms with E-state index in [0.717, 1.165) is 60.0 Å². The zero-order valence-electron chi connectivity index (χ0n) is 16.4. The van der Waals surface area contributed by atoms with Crippen molar-refractivity contribution in [2.45, 2.75) is 19.9 Å². The number of rotatable bonds is 5. The average molecular weight is 414 g/mol. The number of pyridine rings is 2. The van der Waals surface area contributed by atoms with Crippen molar-refractivity contribution in [3.05, 3.63) is 45.6 Å². The summed E-state index contributed by atoms with van der Waals surface area (Å²) in [6, 6.07) is 3.88. The molecule has 4 rings (SSSR count). The van der Waals surface area contributed by atoms with Gasteiger partial charge in [-0.3, -0.25) is 19.5 Å². The molecule has 0 bridgehead atoms. The molecule has 10 heteroatoms. The summed E-state index contributed by atoms with van der Waals surface area (Å²) in [5.41, 5.74) is 3.38. The van der Waals surface area contributed by atoms with Gasteiger partial charge in [-0.2, -0.15) is 9.36 Å². The van der Waals surface area contributed by atoms with Crippen LogP contribution in [0.15, 0.2) is 23.1 Å². The van der Waals surface area contributed by atoms with Crippen molar-refractivity contribution in [1.82, 2.24) is 29.5 Å². The minimum absolute atomic E-state index is 0.0410. The molecule has 29 heavy (non-hydrogen) atoms. The van der Waals surface area contributed by atoms with Gasteiger partial charge in [0.25, 0.3) is 11.5 Å². The Morgan fingerprint density at radius 3 is 2.79 bits per heavy atom. The van der Waals surface area contributed by atoms with Crippen LogP contribution in [0.1, 0.15) is 28.7 Å². The van der Waals surface area contributed by atoms with Gasteiger partial charge >= 0.3 is 0 Å². The van der Waals surface area contributed by atoms with Crippen LogP contribution < -0.4 is 15.8 Å². The first-order chi connectivity index (χ1) is 14.1. The van der Waals surface area contributed by atoms with E-state index in [0.29, 0.717) is 6.42 Å². The Morgan fingerprint density at radius 2 is 2.07 bits per heavy atom. The van der Waals surface area contributed by atoms with Crippen molar-refractivity contribution in [2.75, 3.05) is 38.1 Å². The number of anilines is 1. The first-order valence-electron chi connectivity index (χ1n) is 9.61. The number of fused-ring (bicyclic) bond motifs is 1. The molecule has 1 aliphatic heterocycles. The molecule has 2 N–H and O–H groups in total. The Morgan fingerprint density at radius 1 is 1.28 bits per heavy atom. The lowest BCUT2D eigenvalue weighted by Gasteiger charge is -2.34. The van der Waals surface area contributed by atoms with Crippen LogP contribution in [0.2, 0.25) is 0 Å². The van der Waals surface area contributed by atoms with Gasteiger partial charge in [0.05, 0.1) is 11.0 Å². The number of hydrogen-bond donors (Lipinski definition) is 2. The molecule has 3 aromatic rings. The highest BCUT2D eigenvalue weighted by molar-refractivity contribution is 7.09. The lowest BCUT2D eigenvalue weighted by Crippen LogP contribution is -2.46. The number of aromatic amines is 1. The van der Waals surface area contributed by atoms with Crippen LogP contribution in [0, 0.1) is 0 Å². The van der Waals surface area contributed by atoms with Crippen LogP contribution in [0.3, 0.4) is 0 Å². The van der Waals surface area contributed by atoms with Gasteiger partial charge in [-0.05, 0) is 24.1 Å². The molecule has 152 valence electrons. The van der Waals surface area contributed by atoms with Gasteiger partial charge in [0.1, 0.15) is 0 Å². The van der Waals surface area contributed by atoms with Gasteiger partial charge in [0.15, 0.2) is 0 Å². The van der Waals surface area contributed by atoms with Crippen molar-refractivity contribution in [3.63, 3.8) is 0 Å². The van der Waals surface area contributed by atoms with Crippen LogP contribution >= 0.6 is 11.5 Å². The molecule has 0 radical (unpaired) electrons. The number of aryl methyl sites for hydroxylation is 1. The third-order valence-corrected chi connectivity index (χ3v) is 5.88. The summed E-state index contributed by atoms with van der Waals surface area (Å²) < 4.78 is 4.12. The Kier molecular flexibility index (Phi) is 5.54. The number of nitrogens with one attached hydrogen (secondary N) is 2. The highest BCUT2D eigenvalue weighted by Gasteiger charge is 2.21. The minimum Gasteiger partial charge on any atom is -0.352 e. The first-order valence-corrected chi connectivity index (χ1v) is 10.4. The van der Waals surface area contributed by atoms with Crippen molar-refractivity contribution < 1.29 is 4.79 Å². The average Bonchev–Trinajstić information content (AvgIpc) is 3.23. The van der Waals surface area contributed by atoms with Crippen molar-refractivity contribution >= 4 is 33.6 Å². The minimum atomic E-state index is -0.265. The molecule has 4 heterocycles. The summed E-state index contributed by atoms with van der Waals surface area (Å²) >= 11 is 1.25. The highest BCUT2D eigenvalue weighted by atomic mass is 32.1. The monoisotopic (exact) mass is 413 g/mol. The van der Waals surface area contributed by atoms with E-state index in [4.69, 9.17) is 0 Å². The summed E-state index contributed by atoms with van der Waals surface area (Å²) in [5.74, 6) is -0.0450. The first kappa shape index (κ1) is 19.5. The number of hydrogen-bond acceptors (Lipinski definition) is 8. The summed E-state index contributed by atoms with van der Waals surface area (Å²) in [7, 11) is 1.57. The summed E-state index contributed by atoms with van der Waals surface area (Å²) in [6.07, 6.45) is 2.57. The van der Waals surface area contributed by atoms with Crippen molar-refractivity contribution in [2.24, 2.45) is 0 Å². The van der Waals surface area contributed by atoms with Gasteiger partial charge in [0, 0.05) is 63.1 Å². The zero-order chi connectivity index (χ0) is 20.4. The molecule has 1 amide bonds. The predicted molar refractivity (Wildman–Crippen MR) is 113 cm³/mol. The molecule has 0 aromatic carbocycles. The Hall–Kier alpha value is -2.85. The summed E-state index contributed by atoms with van der Waals surface area (Å²) in [5, 5.41) is 3.32. The second-order valence-electron chi connectivity index (χ2n) is 7.00. The third kappa shape index (κ3) is 4.13. The maximum atomic E-state index is 12.1. The highest BCUT2D eigenvalue weighted by Crippen LogP contribution is 2.20. The Labute approximate surface area is 172 Å². The Bertz CT molecular complexity index is 1090. The second kappa shape index (κ2) is 8.26. The van der Waals surface area contributed by atoms with Gasteiger partial charge in [-0.15, -0.1) is 0 Å². The number of aromatic nitrogens is 4. The molecule has 0 unspecified atom stereocenters. The molecular formula is C19H23N7O2S. The fourth-order valence-corrected chi connectivity index (χ4v) is 4.14. The van der Waals surface area contributed by atoms with E-state index >= 15 is 0 Å². The van der Waals surface area contributed by atoms with Crippen molar-refractivity contribution in [1.29, 1.82) is 0 Å². The van der Waals surface area contributed by atoms with Crippen LogP contribution in [0.25, 0.3) is 11.0 Å². The van der Waals surface area contributed by atoms with Crippen molar-refractivity contribution in [3.8, 4) is 0 Å². The topological polar surface area (TPSA) is 107 Å². The molecule has 1 fully saturated rings. The van der Waals surface area contributed by atoms with Crippen LogP contribution in [-0.4, -0.2) is 63.4 Å². The number of nitrogens with zero attached hydrogens (tertiary/aromatic N) is 5. The van der Waals surface area contributed by atoms with Gasteiger partial charge in [-0.25, -0.2) is 0 Å². The fraction of sp³-hybridized carbons (Fsp3) is 0.421. The van der Waals surface area contributed by atoms with E-state index in [9.17, 15) is 9.59 Å². The van der Waals surface area contributed by atoms with E-state index in [-0.39, 0.29) is 17.3 Å². The van der Waals surface area contributed by atoms with Gasteiger partial charge < -0.3 is 15.2 Å². The predicted octanol–water partition coefficient (Wildman–Crippen LogP) is 1.02.